The lowest BCUT2D eigenvalue weighted by molar-refractivity contribution is -0.136. The largest absolute Gasteiger partial charge is 0.399 e. The van der Waals surface area contributed by atoms with Gasteiger partial charge in [-0.1, -0.05) is 13.0 Å². The maximum Gasteiger partial charge on any atom is 0.245 e. The van der Waals surface area contributed by atoms with E-state index in [4.69, 9.17) is 10.5 Å². The predicted octanol–water partition coefficient (Wildman–Crippen LogP) is 1.73. The fraction of sp³-hybridized carbons (Fsp3) is 0.562. The molecule has 0 spiro atoms. The smallest absolute Gasteiger partial charge is 0.245 e. The molecule has 1 fully saturated rings. The summed E-state index contributed by atoms with van der Waals surface area (Å²) in [7, 11) is 0. The molecule has 116 valence electrons. The summed E-state index contributed by atoms with van der Waals surface area (Å²) in [4.78, 5) is 16.7. The molecule has 2 N–H and O–H groups in total. The lowest BCUT2D eigenvalue weighted by Crippen LogP contribution is -2.51. The van der Waals surface area contributed by atoms with Crippen molar-refractivity contribution in [2.45, 2.75) is 26.3 Å². The quantitative estimate of drug-likeness (QED) is 0.839. The van der Waals surface area contributed by atoms with Crippen molar-refractivity contribution >= 4 is 17.3 Å². The number of benzene rings is 1. The first-order valence-corrected chi connectivity index (χ1v) is 7.62. The topological polar surface area (TPSA) is 58.8 Å². The van der Waals surface area contributed by atoms with Crippen molar-refractivity contribution < 1.29 is 9.53 Å². The molecule has 1 heterocycles. The lowest BCUT2D eigenvalue weighted by atomic mass is 10.1. The first-order valence-electron chi connectivity index (χ1n) is 7.62. The molecular formula is C16H25N3O2. The van der Waals surface area contributed by atoms with Crippen LogP contribution in [0.5, 0.6) is 0 Å². The molecule has 0 saturated carbocycles. The van der Waals surface area contributed by atoms with E-state index >= 15 is 0 Å². The van der Waals surface area contributed by atoms with Gasteiger partial charge in [0.25, 0.3) is 0 Å². The standard InChI is InChI=1S/C16H25N3O2/c1-3-7-19(15-6-4-5-14(17)12-15)13(2)16(20)18-8-10-21-11-9-18/h4-6,12-13H,3,7-11,17H2,1-2H3. The maximum atomic E-state index is 12.7. The van der Waals surface area contributed by atoms with E-state index in [0.29, 0.717) is 26.3 Å². The van der Waals surface area contributed by atoms with E-state index in [1.807, 2.05) is 36.1 Å². The Kier molecular flexibility index (Phi) is 5.44. The summed E-state index contributed by atoms with van der Waals surface area (Å²) < 4.78 is 5.31. The molecule has 0 radical (unpaired) electrons. The van der Waals surface area contributed by atoms with Crippen LogP contribution in [0.15, 0.2) is 24.3 Å². The van der Waals surface area contributed by atoms with Gasteiger partial charge in [-0.15, -0.1) is 0 Å². The molecule has 21 heavy (non-hydrogen) atoms. The van der Waals surface area contributed by atoms with E-state index in [1.54, 1.807) is 0 Å². The van der Waals surface area contributed by atoms with Crippen molar-refractivity contribution in [3.05, 3.63) is 24.3 Å². The van der Waals surface area contributed by atoms with Gasteiger partial charge < -0.3 is 20.3 Å². The van der Waals surface area contributed by atoms with Gasteiger partial charge in [0.05, 0.1) is 13.2 Å². The summed E-state index contributed by atoms with van der Waals surface area (Å²) in [6.45, 7) is 7.54. The Labute approximate surface area is 126 Å². The number of rotatable bonds is 5. The number of anilines is 2. The molecule has 1 aliphatic heterocycles. The maximum absolute atomic E-state index is 12.7. The van der Waals surface area contributed by atoms with Crippen molar-refractivity contribution in [3.8, 4) is 0 Å². The molecule has 5 nitrogen and oxygen atoms in total. The Morgan fingerprint density at radius 3 is 2.76 bits per heavy atom. The van der Waals surface area contributed by atoms with Gasteiger partial charge in [-0.05, 0) is 31.5 Å². The van der Waals surface area contributed by atoms with Crippen molar-refractivity contribution in [1.82, 2.24) is 4.90 Å². The Hall–Kier alpha value is -1.75. The Balaban J connectivity index is 2.14. The van der Waals surface area contributed by atoms with Gasteiger partial charge >= 0.3 is 0 Å². The average molecular weight is 291 g/mol. The van der Waals surface area contributed by atoms with Crippen molar-refractivity contribution in [1.29, 1.82) is 0 Å². The number of amides is 1. The molecule has 0 aliphatic carbocycles. The highest BCUT2D eigenvalue weighted by molar-refractivity contribution is 5.85. The van der Waals surface area contributed by atoms with Crippen LogP contribution in [0.3, 0.4) is 0 Å². The van der Waals surface area contributed by atoms with Gasteiger partial charge in [-0.25, -0.2) is 0 Å². The van der Waals surface area contributed by atoms with Crippen LogP contribution in [-0.2, 0) is 9.53 Å². The van der Waals surface area contributed by atoms with Crippen LogP contribution >= 0.6 is 0 Å². The molecule has 5 heteroatoms. The highest BCUT2D eigenvalue weighted by Gasteiger charge is 2.27. The zero-order valence-corrected chi connectivity index (χ0v) is 12.9. The zero-order valence-electron chi connectivity index (χ0n) is 12.9. The first-order chi connectivity index (χ1) is 10.1. The zero-order chi connectivity index (χ0) is 15.2. The van der Waals surface area contributed by atoms with Gasteiger partial charge in [0, 0.05) is 31.0 Å². The Bertz CT molecular complexity index is 472. The summed E-state index contributed by atoms with van der Waals surface area (Å²) in [5.74, 6) is 0.161. The minimum Gasteiger partial charge on any atom is -0.399 e. The molecule has 1 unspecified atom stereocenters. The van der Waals surface area contributed by atoms with E-state index in [0.717, 1.165) is 24.3 Å². The van der Waals surface area contributed by atoms with Gasteiger partial charge in [-0.3, -0.25) is 4.79 Å². The molecule has 1 amide bonds. The van der Waals surface area contributed by atoms with E-state index in [-0.39, 0.29) is 11.9 Å². The molecule has 1 aliphatic rings. The summed E-state index contributed by atoms with van der Waals surface area (Å²) in [5.41, 5.74) is 7.60. The fourth-order valence-corrected chi connectivity index (χ4v) is 2.67. The molecule has 1 saturated heterocycles. The van der Waals surface area contributed by atoms with Gasteiger partial charge in [0.1, 0.15) is 6.04 Å². The van der Waals surface area contributed by atoms with E-state index in [1.165, 1.54) is 0 Å². The van der Waals surface area contributed by atoms with E-state index in [9.17, 15) is 4.79 Å². The van der Waals surface area contributed by atoms with Crippen LogP contribution in [0.1, 0.15) is 20.3 Å². The van der Waals surface area contributed by atoms with E-state index in [2.05, 4.69) is 11.8 Å². The Morgan fingerprint density at radius 2 is 2.14 bits per heavy atom. The second-order valence-corrected chi connectivity index (χ2v) is 5.40. The summed E-state index contributed by atoms with van der Waals surface area (Å²) >= 11 is 0. The third-order valence-electron chi connectivity index (χ3n) is 3.81. The van der Waals surface area contributed by atoms with Gasteiger partial charge in [-0.2, -0.15) is 0 Å². The SMILES string of the molecule is CCCN(c1cccc(N)c1)C(C)C(=O)N1CCOCC1. The van der Waals surface area contributed by atoms with Crippen molar-refractivity contribution in [2.75, 3.05) is 43.5 Å². The summed E-state index contributed by atoms with van der Waals surface area (Å²) in [6.07, 6.45) is 0.982. The number of nitrogens with two attached hydrogens (primary N) is 1. The van der Waals surface area contributed by atoms with Crippen LogP contribution < -0.4 is 10.6 Å². The predicted molar refractivity (Wildman–Crippen MR) is 85.4 cm³/mol. The summed E-state index contributed by atoms with van der Waals surface area (Å²) in [5, 5.41) is 0. The molecule has 0 aromatic heterocycles. The van der Waals surface area contributed by atoms with Crippen LogP contribution in [0, 0.1) is 0 Å². The number of nitrogen functional groups attached to an aromatic ring is 1. The second kappa shape index (κ2) is 7.31. The normalized spacial score (nSPS) is 16.6. The molecule has 0 bridgehead atoms. The average Bonchev–Trinajstić information content (AvgIpc) is 2.52. The number of ether oxygens (including phenoxy) is 1. The minimum atomic E-state index is -0.190. The fourth-order valence-electron chi connectivity index (χ4n) is 2.67. The number of nitrogens with zero attached hydrogens (tertiary/aromatic N) is 2. The van der Waals surface area contributed by atoms with Gasteiger partial charge in [0.2, 0.25) is 5.91 Å². The molecular weight excluding hydrogens is 266 g/mol. The molecule has 1 atom stereocenters. The van der Waals surface area contributed by atoms with Crippen LogP contribution in [0.2, 0.25) is 0 Å². The summed E-state index contributed by atoms with van der Waals surface area (Å²) in [6, 6.07) is 7.54. The van der Waals surface area contributed by atoms with Crippen LogP contribution in [0.4, 0.5) is 11.4 Å². The highest BCUT2D eigenvalue weighted by atomic mass is 16.5. The number of morpholine rings is 1. The van der Waals surface area contributed by atoms with Crippen molar-refractivity contribution in [2.24, 2.45) is 0 Å². The number of carbonyl (C=O) groups excluding carboxylic acids is 1. The number of hydrogen-bond donors (Lipinski definition) is 1. The Morgan fingerprint density at radius 1 is 1.43 bits per heavy atom. The minimum absolute atomic E-state index is 0.161. The van der Waals surface area contributed by atoms with Gasteiger partial charge in [0.15, 0.2) is 0 Å². The monoisotopic (exact) mass is 291 g/mol. The van der Waals surface area contributed by atoms with Crippen LogP contribution in [0.25, 0.3) is 0 Å². The van der Waals surface area contributed by atoms with E-state index < -0.39 is 0 Å². The first kappa shape index (κ1) is 15.6. The number of hydrogen-bond acceptors (Lipinski definition) is 4. The van der Waals surface area contributed by atoms with Crippen molar-refractivity contribution in [3.63, 3.8) is 0 Å². The second-order valence-electron chi connectivity index (χ2n) is 5.40. The molecule has 2 rings (SSSR count). The van der Waals surface area contributed by atoms with Crippen LogP contribution in [-0.4, -0.2) is 49.7 Å². The third-order valence-corrected chi connectivity index (χ3v) is 3.81. The highest BCUT2D eigenvalue weighted by Crippen LogP contribution is 2.21. The molecule has 1 aromatic carbocycles. The number of carbonyl (C=O) groups is 1. The molecule has 1 aromatic rings. The lowest BCUT2D eigenvalue weighted by Gasteiger charge is -2.35. The third kappa shape index (κ3) is 3.88.